The molecule has 0 atom stereocenters. The van der Waals surface area contributed by atoms with Gasteiger partial charge in [0, 0.05) is 16.9 Å². The second-order valence-corrected chi connectivity index (χ2v) is 6.54. The monoisotopic (exact) mass is 403 g/mol. The molecule has 100 valence electrons. The van der Waals surface area contributed by atoms with Gasteiger partial charge in [0.05, 0.1) is 26.8 Å². The van der Waals surface area contributed by atoms with E-state index in [1.165, 1.54) is 4.88 Å². The number of nitrogens with zero attached hydrogens (tertiary/aromatic N) is 1. The van der Waals surface area contributed by atoms with Crippen molar-refractivity contribution < 1.29 is 9.53 Å². The molecule has 0 aliphatic rings. The zero-order chi connectivity index (χ0) is 13.8. The summed E-state index contributed by atoms with van der Waals surface area (Å²) in [4.78, 5) is 16.2. The van der Waals surface area contributed by atoms with Crippen molar-refractivity contribution in [2.75, 3.05) is 6.61 Å². The van der Waals surface area contributed by atoms with Gasteiger partial charge in [0.15, 0.2) is 0 Å². The number of thiazole rings is 1. The highest BCUT2D eigenvalue weighted by molar-refractivity contribution is 9.11. The van der Waals surface area contributed by atoms with Crippen LogP contribution < -0.4 is 4.74 Å². The Morgan fingerprint density at radius 2 is 2.05 bits per heavy atom. The summed E-state index contributed by atoms with van der Waals surface area (Å²) in [6, 6.07) is 3.48. The van der Waals surface area contributed by atoms with E-state index in [9.17, 15) is 4.79 Å². The molecule has 6 heteroatoms. The lowest BCUT2D eigenvalue weighted by Crippen LogP contribution is -2.02. The Labute approximate surface area is 132 Å². The highest BCUT2D eigenvalue weighted by atomic mass is 79.9. The Bertz CT molecular complexity index is 575. The second kappa shape index (κ2) is 6.63. The lowest BCUT2D eigenvalue weighted by atomic mass is 10.2. The average Bonchev–Trinajstić information content (AvgIpc) is 2.78. The van der Waals surface area contributed by atoms with Gasteiger partial charge in [-0.1, -0.05) is 0 Å². The van der Waals surface area contributed by atoms with Crippen LogP contribution in [0.4, 0.5) is 0 Å². The van der Waals surface area contributed by atoms with Crippen molar-refractivity contribution in [3.8, 4) is 5.75 Å². The Kier molecular flexibility index (Phi) is 5.13. The predicted molar refractivity (Wildman–Crippen MR) is 83.3 cm³/mol. The van der Waals surface area contributed by atoms with Gasteiger partial charge in [-0.05, 0) is 50.9 Å². The number of aryl methyl sites for hydroxylation is 1. The first-order chi connectivity index (χ1) is 9.11. The maximum Gasteiger partial charge on any atom is 0.150 e. The summed E-state index contributed by atoms with van der Waals surface area (Å²) in [5.41, 5.74) is 3.50. The molecule has 2 aromatic rings. The minimum atomic E-state index is 0.570. The molecule has 0 saturated heterocycles. The average molecular weight is 405 g/mol. The number of carbonyl (C=O) groups excluding carboxylic acids is 1. The van der Waals surface area contributed by atoms with E-state index < -0.39 is 0 Å². The molecular weight excluding hydrogens is 394 g/mol. The van der Waals surface area contributed by atoms with Crippen LogP contribution in [0.2, 0.25) is 0 Å². The molecule has 0 bridgehead atoms. The van der Waals surface area contributed by atoms with Gasteiger partial charge < -0.3 is 4.74 Å². The highest BCUT2D eigenvalue weighted by Gasteiger charge is 2.09. The van der Waals surface area contributed by atoms with E-state index in [2.05, 4.69) is 36.8 Å². The van der Waals surface area contributed by atoms with Crippen LogP contribution in [0.15, 0.2) is 26.6 Å². The summed E-state index contributed by atoms with van der Waals surface area (Å²) in [6.45, 7) is 2.57. The SMILES string of the molecule is Cc1ncsc1CCOc1c(Br)cc(C=O)cc1Br. The summed E-state index contributed by atoms with van der Waals surface area (Å²) >= 11 is 8.46. The Hall–Kier alpha value is -0.720. The third kappa shape index (κ3) is 3.64. The fourth-order valence-electron chi connectivity index (χ4n) is 1.60. The van der Waals surface area contributed by atoms with Crippen molar-refractivity contribution in [3.05, 3.63) is 42.7 Å². The fraction of sp³-hybridized carbons (Fsp3) is 0.231. The van der Waals surface area contributed by atoms with E-state index >= 15 is 0 Å². The molecule has 0 unspecified atom stereocenters. The lowest BCUT2D eigenvalue weighted by molar-refractivity contribution is 0.112. The van der Waals surface area contributed by atoms with Crippen LogP contribution in [-0.4, -0.2) is 17.9 Å². The van der Waals surface area contributed by atoms with Crippen LogP contribution >= 0.6 is 43.2 Å². The van der Waals surface area contributed by atoms with Crippen molar-refractivity contribution in [2.24, 2.45) is 0 Å². The molecule has 3 nitrogen and oxygen atoms in total. The number of aldehydes is 1. The molecule has 0 N–H and O–H groups in total. The molecule has 1 aromatic heterocycles. The number of hydrogen-bond donors (Lipinski definition) is 0. The Morgan fingerprint density at radius 1 is 1.37 bits per heavy atom. The molecule has 0 amide bonds. The maximum atomic E-state index is 10.7. The number of ether oxygens (including phenoxy) is 1. The van der Waals surface area contributed by atoms with E-state index in [1.54, 1.807) is 23.5 Å². The molecule has 1 aromatic carbocycles. The number of carbonyl (C=O) groups is 1. The smallest absolute Gasteiger partial charge is 0.150 e. The van der Waals surface area contributed by atoms with Crippen LogP contribution in [-0.2, 0) is 6.42 Å². The lowest BCUT2D eigenvalue weighted by Gasteiger charge is -2.10. The number of hydrogen-bond acceptors (Lipinski definition) is 4. The topological polar surface area (TPSA) is 39.2 Å². The number of rotatable bonds is 5. The first kappa shape index (κ1) is 14.7. The van der Waals surface area contributed by atoms with Gasteiger partial charge in [0.25, 0.3) is 0 Å². The summed E-state index contributed by atoms with van der Waals surface area (Å²) in [7, 11) is 0. The van der Waals surface area contributed by atoms with Crippen molar-refractivity contribution in [3.63, 3.8) is 0 Å². The predicted octanol–water partition coefficient (Wildman–Crippen LogP) is 4.41. The van der Waals surface area contributed by atoms with Crippen LogP contribution in [0.3, 0.4) is 0 Å². The number of benzene rings is 1. The van der Waals surface area contributed by atoms with Crippen molar-refractivity contribution in [2.45, 2.75) is 13.3 Å². The quantitative estimate of drug-likeness (QED) is 0.692. The van der Waals surface area contributed by atoms with Gasteiger partial charge in [-0.25, -0.2) is 4.98 Å². The van der Waals surface area contributed by atoms with E-state index in [0.29, 0.717) is 17.9 Å². The van der Waals surface area contributed by atoms with E-state index in [0.717, 1.165) is 27.3 Å². The first-order valence-electron chi connectivity index (χ1n) is 5.58. The molecule has 0 saturated carbocycles. The molecule has 0 spiro atoms. The van der Waals surface area contributed by atoms with Gasteiger partial charge in [0.2, 0.25) is 0 Å². The Balaban J connectivity index is 2.04. The fourth-order valence-corrected chi connectivity index (χ4v) is 3.81. The zero-order valence-corrected chi connectivity index (χ0v) is 14.1. The Morgan fingerprint density at radius 3 is 2.58 bits per heavy atom. The maximum absolute atomic E-state index is 10.7. The minimum absolute atomic E-state index is 0.570. The van der Waals surface area contributed by atoms with E-state index in [-0.39, 0.29) is 0 Å². The van der Waals surface area contributed by atoms with Crippen LogP contribution in [0.1, 0.15) is 20.9 Å². The molecule has 0 fully saturated rings. The molecule has 2 rings (SSSR count). The second-order valence-electron chi connectivity index (χ2n) is 3.89. The molecule has 0 aliphatic heterocycles. The van der Waals surface area contributed by atoms with E-state index in [1.807, 2.05) is 12.4 Å². The summed E-state index contributed by atoms with van der Waals surface area (Å²) in [5.74, 6) is 0.716. The number of aromatic nitrogens is 1. The summed E-state index contributed by atoms with van der Waals surface area (Å²) < 4.78 is 7.30. The van der Waals surface area contributed by atoms with Crippen LogP contribution in [0, 0.1) is 6.92 Å². The van der Waals surface area contributed by atoms with Crippen LogP contribution in [0.5, 0.6) is 5.75 Å². The first-order valence-corrected chi connectivity index (χ1v) is 8.04. The third-order valence-electron chi connectivity index (χ3n) is 2.58. The zero-order valence-electron chi connectivity index (χ0n) is 10.2. The standard InChI is InChI=1S/C13H11Br2NO2S/c1-8-12(19-7-16-8)2-3-18-13-10(14)4-9(6-17)5-11(13)15/h4-7H,2-3H2,1H3. The number of halogens is 2. The molecule has 0 aliphatic carbocycles. The van der Waals surface area contributed by atoms with Crippen molar-refractivity contribution in [1.82, 2.24) is 4.98 Å². The largest absolute Gasteiger partial charge is 0.491 e. The summed E-state index contributed by atoms with van der Waals surface area (Å²) in [5, 5.41) is 0. The van der Waals surface area contributed by atoms with Crippen LogP contribution in [0.25, 0.3) is 0 Å². The van der Waals surface area contributed by atoms with Crippen molar-refractivity contribution >= 4 is 49.5 Å². The van der Waals surface area contributed by atoms with Crippen molar-refractivity contribution in [1.29, 1.82) is 0 Å². The minimum Gasteiger partial charge on any atom is -0.491 e. The molecular formula is C13H11Br2NO2S. The van der Waals surface area contributed by atoms with Gasteiger partial charge in [0.1, 0.15) is 12.0 Å². The van der Waals surface area contributed by atoms with Gasteiger partial charge in [-0.3, -0.25) is 4.79 Å². The van der Waals surface area contributed by atoms with Gasteiger partial charge in [-0.15, -0.1) is 11.3 Å². The normalized spacial score (nSPS) is 10.5. The molecule has 1 heterocycles. The third-order valence-corrected chi connectivity index (χ3v) is 4.75. The molecule has 19 heavy (non-hydrogen) atoms. The molecule has 0 radical (unpaired) electrons. The summed E-state index contributed by atoms with van der Waals surface area (Å²) in [6.07, 6.45) is 1.63. The van der Waals surface area contributed by atoms with Gasteiger partial charge in [-0.2, -0.15) is 0 Å². The highest BCUT2D eigenvalue weighted by Crippen LogP contribution is 2.34. The van der Waals surface area contributed by atoms with Gasteiger partial charge >= 0.3 is 0 Å². The van der Waals surface area contributed by atoms with E-state index in [4.69, 9.17) is 4.74 Å².